The topological polar surface area (TPSA) is 60.9 Å². The van der Waals surface area contributed by atoms with E-state index < -0.39 is 10.0 Å². The van der Waals surface area contributed by atoms with Crippen LogP contribution in [-0.2, 0) is 16.6 Å². The number of likely N-dealkylation sites (N-methyl/N-ethyl adjacent to an activating group) is 1. The van der Waals surface area contributed by atoms with Gasteiger partial charge in [0.2, 0.25) is 10.0 Å². The molecule has 2 aromatic rings. The molecule has 1 aliphatic rings. The van der Waals surface area contributed by atoms with Crippen LogP contribution in [0.2, 0.25) is 5.02 Å². The van der Waals surface area contributed by atoms with Crippen LogP contribution in [0.3, 0.4) is 0 Å². The summed E-state index contributed by atoms with van der Waals surface area (Å²) in [4.78, 5) is 2.38. The summed E-state index contributed by atoms with van der Waals surface area (Å²) in [6.45, 7) is 1.65. The Balaban J connectivity index is 1.58. The summed E-state index contributed by atoms with van der Waals surface area (Å²) in [5.74, 6) is 0.470. The Labute approximate surface area is 185 Å². The number of hydrogen-bond donors (Lipinski definition) is 1. The number of nitrogens with zero attached hydrogens (tertiary/aromatic N) is 2. The maximum absolute atomic E-state index is 12.9. The third-order valence-electron chi connectivity index (χ3n) is 6.09. The highest BCUT2D eigenvalue weighted by Crippen LogP contribution is 2.36. The molecule has 0 atom stereocenters. The van der Waals surface area contributed by atoms with Gasteiger partial charge < -0.3 is 5.11 Å². The summed E-state index contributed by atoms with van der Waals surface area (Å²) < 4.78 is 27.4. The van der Waals surface area contributed by atoms with Crippen LogP contribution in [-0.4, -0.2) is 56.0 Å². The van der Waals surface area contributed by atoms with E-state index in [1.165, 1.54) is 15.4 Å². The fraction of sp³-hybridized carbons (Fsp3) is 0.478. The van der Waals surface area contributed by atoms with Gasteiger partial charge in [0.15, 0.2) is 0 Å². The van der Waals surface area contributed by atoms with Crippen LogP contribution in [0.5, 0.6) is 0 Å². The number of sulfonamides is 1. The number of benzene rings is 2. The normalized spacial score (nSPS) is 20.1. The van der Waals surface area contributed by atoms with Gasteiger partial charge in [-0.05, 0) is 74.0 Å². The van der Waals surface area contributed by atoms with Crippen molar-refractivity contribution in [3.63, 3.8) is 0 Å². The molecule has 1 N–H and O–H groups in total. The third kappa shape index (κ3) is 5.62. The monoisotopic (exact) mass is 450 g/mol. The lowest BCUT2D eigenvalue weighted by molar-refractivity contribution is 0.217. The first-order valence-corrected chi connectivity index (χ1v) is 12.2. The molecule has 164 valence electrons. The lowest BCUT2D eigenvalue weighted by Gasteiger charge is -2.34. The number of rotatable bonds is 8. The molecular weight excluding hydrogens is 420 g/mol. The van der Waals surface area contributed by atoms with Gasteiger partial charge in [-0.1, -0.05) is 35.9 Å². The van der Waals surface area contributed by atoms with Crippen molar-refractivity contribution in [3.05, 3.63) is 64.7 Å². The van der Waals surface area contributed by atoms with Crippen LogP contribution < -0.4 is 0 Å². The van der Waals surface area contributed by atoms with Crippen LogP contribution in [0, 0.1) is 0 Å². The molecule has 1 aliphatic carbocycles. The van der Waals surface area contributed by atoms with Gasteiger partial charge in [-0.15, -0.1) is 0 Å². The van der Waals surface area contributed by atoms with Crippen molar-refractivity contribution in [1.29, 1.82) is 0 Å². The van der Waals surface area contributed by atoms with Gasteiger partial charge in [0, 0.05) is 31.2 Å². The number of aliphatic hydroxyl groups is 1. The Morgan fingerprint density at radius 2 is 1.57 bits per heavy atom. The van der Waals surface area contributed by atoms with E-state index in [-0.39, 0.29) is 12.6 Å². The van der Waals surface area contributed by atoms with Gasteiger partial charge in [0.05, 0.1) is 11.5 Å². The minimum atomic E-state index is -3.51. The number of hydrogen-bond acceptors (Lipinski definition) is 4. The zero-order valence-electron chi connectivity index (χ0n) is 17.7. The van der Waals surface area contributed by atoms with Crippen LogP contribution in [0.25, 0.3) is 0 Å². The molecule has 0 amide bonds. The fourth-order valence-corrected chi connectivity index (χ4v) is 5.74. The summed E-state index contributed by atoms with van der Waals surface area (Å²) >= 11 is 5.89. The van der Waals surface area contributed by atoms with Gasteiger partial charge >= 0.3 is 0 Å². The maximum Gasteiger partial charge on any atom is 0.243 e. The van der Waals surface area contributed by atoms with Crippen molar-refractivity contribution in [1.82, 2.24) is 9.21 Å². The largest absolute Gasteiger partial charge is 0.395 e. The molecule has 0 radical (unpaired) electrons. The van der Waals surface area contributed by atoms with Gasteiger partial charge in [0.1, 0.15) is 0 Å². The molecule has 30 heavy (non-hydrogen) atoms. The summed E-state index contributed by atoms with van der Waals surface area (Å²) in [7, 11) is 0.180. The van der Waals surface area contributed by atoms with Crippen LogP contribution in [0.15, 0.2) is 53.4 Å². The van der Waals surface area contributed by atoms with E-state index in [0.29, 0.717) is 22.4 Å². The van der Waals surface area contributed by atoms with E-state index >= 15 is 0 Å². The number of halogens is 1. The summed E-state index contributed by atoms with van der Waals surface area (Å²) in [6.07, 6.45) is 3.67. The highest BCUT2D eigenvalue weighted by atomic mass is 35.5. The lowest BCUT2D eigenvalue weighted by atomic mass is 9.81. The lowest BCUT2D eigenvalue weighted by Crippen LogP contribution is -2.39. The molecule has 7 heteroatoms. The molecule has 1 saturated carbocycles. The summed E-state index contributed by atoms with van der Waals surface area (Å²) in [5.41, 5.74) is 2.56. The average Bonchev–Trinajstić information content (AvgIpc) is 2.74. The molecule has 0 unspecified atom stereocenters. The third-order valence-corrected chi connectivity index (χ3v) is 8.26. The maximum atomic E-state index is 12.9. The van der Waals surface area contributed by atoms with Gasteiger partial charge in [-0.3, -0.25) is 4.90 Å². The second kappa shape index (κ2) is 10.2. The molecule has 0 spiro atoms. The zero-order chi connectivity index (χ0) is 21.7. The summed E-state index contributed by atoms with van der Waals surface area (Å²) in [5, 5.41) is 9.56. The molecule has 5 nitrogen and oxygen atoms in total. The van der Waals surface area contributed by atoms with E-state index in [4.69, 9.17) is 16.7 Å². The summed E-state index contributed by atoms with van der Waals surface area (Å²) in [6, 6.07) is 15.1. The Kier molecular flexibility index (Phi) is 7.93. The first kappa shape index (κ1) is 23.2. The molecule has 0 heterocycles. The Hall–Kier alpha value is -1.44. The van der Waals surface area contributed by atoms with Crippen molar-refractivity contribution in [2.45, 2.75) is 49.1 Å². The minimum Gasteiger partial charge on any atom is -0.395 e. The van der Waals surface area contributed by atoms with E-state index in [9.17, 15) is 8.42 Å². The van der Waals surface area contributed by atoms with E-state index in [0.717, 1.165) is 32.2 Å². The molecule has 2 aromatic carbocycles. The van der Waals surface area contributed by atoms with Crippen LogP contribution in [0.4, 0.5) is 0 Å². The predicted molar refractivity (Wildman–Crippen MR) is 121 cm³/mol. The quantitative estimate of drug-likeness (QED) is 0.657. The SMILES string of the molecule is CN(CCO)Cc1ccc([C@H]2CC[C@H](N(C)S(=O)(=O)c3ccc(Cl)cc3)CC2)cc1. The smallest absolute Gasteiger partial charge is 0.243 e. The highest BCUT2D eigenvalue weighted by molar-refractivity contribution is 7.89. The fourth-order valence-electron chi connectivity index (χ4n) is 4.20. The number of aliphatic hydroxyl groups excluding tert-OH is 1. The van der Waals surface area contributed by atoms with Crippen molar-refractivity contribution >= 4 is 21.6 Å². The molecular formula is C23H31ClN2O3S. The van der Waals surface area contributed by atoms with Gasteiger partial charge in [-0.25, -0.2) is 8.42 Å². The van der Waals surface area contributed by atoms with Crippen LogP contribution in [0.1, 0.15) is 42.7 Å². The molecule has 3 rings (SSSR count). The molecule has 1 fully saturated rings. The predicted octanol–water partition coefficient (Wildman–Crippen LogP) is 4.11. The standard InChI is InChI=1S/C23H31ClN2O3S/c1-25(15-16-27)17-18-3-5-19(6-4-18)20-7-11-22(12-8-20)26(2)30(28,29)23-13-9-21(24)10-14-23/h3-6,9-10,13-14,20,22,27H,7-8,11-12,15-17H2,1-2H3/t20-,22-. The highest BCUT2D eigenvalue weighted by Gasteiger charge is 2.31. The van der Waals surface area contributed by atoms with Crippen molar-refractivity contribution in [2.24, 2.45) is 0 Å². The molecule has 0 aliphatic heterocycles. The van der Waals surface area contributed by atoms with Crippen LogP contribution >= 0.6 is 11.6 Å². The first-order chi connectivity index (χ1) is 14.3. The van der Waals surface area contributed by atoms with Crippen molar-refractivity contribution < 1.29 is 13.5 Å². The molecule has 0 saturated heterocycles. The van der Waals surface area contributed by atoms with E-state index in [1.807, 2.05) is 7.05 Å². The van der Waals surface area contributed by atoms with Crippen molar-refractivity contribution in [3.8, 4) is 0 Å². The Bertz CT molecular complexity index is 908. The van der Waals surface area contributed by atoms with E-state index in [1.54, 1.807) is 31.3 Å². The van der Waals surface area contributed by atoms with E-state index in [2.05, 4.69) is 29.2 Å². The Morgan fingerprint density at radius 3 is 2.13 bits per heavy atom. The average molecular weight is 451 g/mol. The second-order valence-electron chi connectivity index (χ2n) is 8.18. The van der Waals surface area contributed by atoms with Gasteiger partial charge in [-0.2, -0.15) is 4.31 Å². The van der Waals surface area contributed by atoms with Gasteiger partial charge in [0.25, 0.3) is 0 Å². The first-order valence-electron chi connectivity index (χ1n) is 10.4. The Morgan fingerprint density at radius 1 is 0.967 bits per heavy atom. The molecule has 0 bridgehead atoms. The minimum absolute atomic E-state index is 0.0216. The molecule has 0 aromatic heterocycles. The zero-order valence-corrected chi connectivity index (χ0v) is 19.2. The second-order valence-corrected chi connectivity index (χ2v) is 10.6. The van der Waals surface area contributed by atoms with Crippen molar-refractivity contribution in [2.75, 3.05) is 27.2 Å².